The van der Waals surface area contributed by atoms with Crippen molar-refractivity contribution in [2.24, 2.45) is 5.14 Å². The number of nitrogens with two attached hydrogens (primary N) is 1. The number of halogens is 2. The van der Waals surface area contributed by atoms with Crippen LogP contribution in [-0.4, -0.2) is 31.5 Å². The molecular formula is C12H18F2N2O4S. The molecule has 0 amide bonds. The molecule has 0 aromatic carbocycles. The van der Waals surface area contributed by atoms with Gasteiger partial charge in [0.25, 0.3) is 6.43 Å². The highest BCUT2D eigenvalue weighted by molar-refractivity contribution is 7.89. The first-order valence-electron chi connectivity index (χ1n) is 6.37. The molecule has 0 aliphatic heterocycles. The minimum atomic E-state index is -4.09. The van der Waals surface area contributed by atoms with E-state index in [-0.39, 0.29) is 5.69 Å². The first-order chi connectivity index (χ1) is 9.65. The van der Waals surface area contributed by atoms with Crippen molar-refractivity contribution in [2.75, 3.05) is 0 Å². The van der Waals surface area contributed by atoms with E-state index in [1.165, 1.54) is 0 Å². The van der Waals surface area contributed by atoms with Crippen molar-refractivity contribution in [3.05, 3.63) is 18.0 Å². The number of ether oxygens (including phenoxy) is 1. The van der Waals surface area contributed by atoms with Crippen LogP contribution in [-0.2, 0) is 21.3 Å². The number of rotatable bonds is 7. The van der Waals surface area contributed by atoms with Crippen molar-refractivity contribution in [2.45, 2.75) is 50.7 Å². The summed E-state index contributed by atoms with van der Waals surface area (Å²) < 4.78 is 53.4. The number of esters is 1. The first-order valence-corrected chi connectivity index (χ1v) is 7.91. The Hall–Kier alpha value is -1.48. The van der Waals surface area contributed by atoms with Crippen molar-refractivity contribution in [1.82, 2.24) is 4.57 Å². The topological polar surface area (TPSA) is 91.4 Å². The summed E-state index contributed by atoms with van der Waals surface area (Å²) in [5.74, 6) is -0.855. The van der Waals surface area contributed by atoms with Crippen LogP contribution in [0.1, 0.15) is 37.2 Å². The Morgan fingerprint density at radius 2 is 2.10 bits per heavy atom. The number of hydrogen-bond acceptors (Lipinski definition) is 4. The number of hydrogen-bond donors (Lipinski definition) is 1. The molecule has 1 aromatic rings. The quantitative estimate of drug-likeness (QED) is 0.773. The lowest BCUT2D eigenvalue weighted by atomic mass is 10.2. The average molecular weight is 324 g/mol. The van der Waals surface area contributed by atoms with E-state index >= 15 is 0 Å². The number of carbonyl (C=O) groups excluding carboxylic acids is 1. The second kappa shape index (κ2) is 6.99. The van der Waals surface area contributed by atoms with Crippen LogP contribution in [0.4, 0.5) is 8.78 Å². The zero-order valence-electron chi connectivity index (χ0n) is 11.8. The Labute approximate surface area is 121 Å². The van der Waals surface area contributed by atoms with E-state index in [1.54, 1.807) is 6.92 Å². The van der Waals surface area contributed by atoms with Crippen LogP contribution in [0.25, 0.3) is 0 Å². The standard InChI is InChI=1S/C12H18F2N2O4S/c1-3-4-8(2)20-12(17)10-5-9(21(15,18)19)6-16(10)7-11(13)14/h5-6,8,11H,3-4,7H2,1-2H3,(H2,15,18,19). The van der Waals surface area contributed by atoms with Gasteiger partial charge in [0.05, 0.1) is 12.6 Å². The van der Waals surface area contributed by atoms with E-state index in [0.717, 1.165) is 23.3 Å². The predicted octanol–water partition coefficient (Wildman–Crippen LogP) is 1.75. The Morgan fingerprint density at radius 3 is 2.57 bits per heavy atom. The van der Waals surface area contributed by atoms with Gasteiger partial charge in [0.15, 0.2) is 0 Å². The fourth-order valence-corrected chi connectivity index (χ4v) is 2.37. The molecular weight excluding hydrogens is 306 g/mol. The number of nitrogens with zero attached hydrogens (tertiary/aromatic N) is 1. The third-order valence-corrected chi connectivity index (χ3v) is 3.63. The van der Waals surface area contributed by atoms with Crippen LogP contribution in [0.15, 0.2) is 17.2 Å². The zero-order valence-corrected chi connectivity index (χ0v) is 12.6. The molecule has 0 bridgehead atoms. The molecule has 9 heteroatoms. The Kier molecular flexibility index (Phi) is 5.85. The van der Waals surface area contributed by atoms with Gasteiger partial charge in [0, 0.05) is 6.20 Å². The van der Waals surface area contributed by atoms with Crippen molar-refractivity contribution >= 4 is 16.0 Å². The Bertz CT molecular complexity index is 598. The first kappa shape index (κ1) is 17.6. The molecule has 0 saturated heterocycles. The lowest BCUT2D eigenvalue weighted by Crippen LogP contribution is -2.19. The van der Waals surface area contributed by atoms with E-state index in [9.17, 15) is 22.0 Å². The van der Waals surface area contributed by atoms with Crippen LogP contribution in [0.5, 0.6) is 0 Å². The van der Waals surface area contributed by atoms with Crippen LogP contribution in [0.2, 0.25) is 0 Å². The number of carbonyl (C=O) groups is 1. The number of sulfonamides is 1. The average Bonchev–Trinajstić information content (AvgIpc) is 2.71. The molecule has 1 unspecified atom stereocenters. The fourth-order valence-electron chi connectivity index (χ4n) is 1.82. The Morgan fingerprint density at radius 1 is 1.48 bits per heavy atom. The Balaban J connectivity index is 3.08. The molecule has 1 rings (SSSR count). The predicted molar refractivity (Wildman–Crippen MR) is 71.6 cm³/mol. The molecule has 0 fully saturated rings. The highest BCUT2D eigenvalue weighted by Crippen LogP contribution is 2.17. The van der Waals surface area contributed by atoms with E-state index in [0.29, 0.717) is 6.42 Å². The number of primary sulfonamides is 1. The maximum Gasteiger partial charge on any atom is 0.355 e. The molecule has 0 saturated carbocycles. The number of aromatic nitrogens is 1. The van der Waals surface area contributed by atoms with Crippen LogP contribution >= 0.6 is 0 Å². The van der Waals surface area contributed by atoms with E-state index in [2.05, 4.69) is 0 Å². The summed E-state index contributed by atoms with van der Waals surface area (Å²) in [7, 11) is -4.09. The van der Waals surface area contributed by atoms with Crippen molar-refractivity contribution in [3.63, 3.8) is 0 Å². The maximum atomic E-state index is 12.5. The van der Waals surface area contributed by atoms with Gasteiger partial charge in [0.2, 0.25) is 10.0 Å². The molecule has 1 aromatic heterocycles. The number of alkyl halides is 2. The minimum Gasteiger partial charge on any atom is -0.458 e. The summed E-state index contributed by atoms with van der Waals surface area (Å²) in [5, 5.41) is 4.94. The lowest BCUT2D eigenvalue weighted by molar-refractivity contribution is 0.0305. The molecule has 0 spiro atoms. The van der Waals surface area contributed by atoms with Crippen molar-refractivity contribution < 1.29 is 26.7 Å². The monoisotopic (exact) mass is 324 g/mol. The summed E-state index contributed by atoms with van der Waals surface area (Å²) >= 11 is 0. The molecule has 1 atom stereocenters. The highest BCUT2D eigenvalue weighted by Gasteiger charge is 2.22. The smallest absolute Gasteiger partial charge is 0.355 e. The van der Waals surface area contributed by atoms with E-state index in [4.69, 9.17) is 9.88 Å². The normalized spacial score (nSPS) is 13.4. The van der Waals surface area contributed by atoms with Gasteiger partial charge in [-0.25, -0.2) is 27.1 Å². The van der Waals surface area contributed by atoms with Gasteiger partial charge in [-0.2, -0.15) is 0 Å². The van der Waals surface area contributed by atoms with E-state index in [1.807, 2.05) is 6.92 Å². The summed E-state index contributed by atoms with van der Waals surface area (Å²) in [6.45, 7) is 2.76. The van der Waals surface area contributed by atoms with E-state index < -0.39 is 40.0 Å². The van der Waals surface area contributed by atoms with Gasteiger partial charge >= 0.3 is 5.97 Å². The van der Waals surface area contributed by atoms with Gasteiger partial charge in [-0.3, -0.25) is 0 Å². The third kappa shape index (κ3) is 5.09. The molecule has 0 aliphatic carbocycles. The lowest BCUT2D eigenvalue weighted by Gasteiger charge is -2.13. The molecule has 120 valence electrons. The highest BCUT2D eigenvalue weighted by atomic mass is 32.2. The molecule has 1 heterocycles. The minimum absolute atomic E-state index is 0.262. The van der Waals surface area contributed by atoms with Crippen LogP contribution in [0, 0.1) is 0 Å². The van der Waals surface area contributed by atoms with Gasteiger partial charge in [0.1, 0.15) is 10.6 Å². The largest absolute Gasteiger partial charge is 0.458 e. The summed E-state index contributed by atoms with van der Waals surface area (Å²) in [6.07, 6.45) is -0.832. The molecule has 6 nitrogen and oxygen atoms in total. The van der Waals surface area contributed by atoms with Crippen LogP contribution in [0.3, 0.4) is 0 Å². The van der Waals surface area contributed by atoms with Gasteiger partial charge in [-0.1, -0.05) is 13.3 Å². The van der Waals surface area contributed by atoms with Gasteiger partial charge in [-0.05, 0) is 19.4 Å². The molecule has 0 radical (unpaired) electrons. The SMILES string of the molecule is CCCC(C)OC(=O)c1cc(S(N)(=O)=O)cn1CC(F)F. The molecule has 21 heavy (non-hydrogen) atoms. The summed E-state index contributed by atoms with van der Waals surface area (Å²) in [6, 6.07) is 0.943. The molecule has 0 aliphatic rings. The van der Waals surface area contributed by atoms with Gasteiger partial charge in [-0.15, -0.1) is 0 Å². The van der Waals surface area contributed by atoms with Crippen LogP contribution < -0.4 is 5.14 Å². The maximum absolute atomic E-state index is 12.5. The molecule has 2 N–H and O–H groups in total. The summed E-state index contributed by atoms with van der Waals surface area (Å²) in [4.78, 5) is 11.5. The zero-order chi connectivity index (χ0) is 16.2. The second-order valence-corrected chi connectivity index (χ2v) is 6.22. The fraction of sp³-hybridized carbons (Fsp3) is 0.583. The second-order valence-electron chi connectivity index (χ2n) is 4.65. The van der Waals surface area contributed by atoms with Crippen molar-refractivity contribution in [3.8, 4) is 0 Å². The third-order valence-electron chi connectivity index (χ3n) is 2.75. The summed E-state index contributed by atoms with van der Waals surface area (Å²) in [5.41, 5.74) is -0.262. The van der Waals surface area contributed by atoms with Crippen molar-refractivity contribution in [1.29, 1.82) is 0 Å². The van der Waals surface area contributed by atoms with Gasteiger partial charge < -0.3 is 9.30 Å².